The summed E-state index contributed by atoms with van der Waals surface area (Å²) in [6.45, 7) is 6.65. The molecule has 0 atom stereocenters. The first-order chi connectivity index (χ1) is 15.2. The Hall–Kier alpha value is -3.09. The van der Waals surface area contributed by atoms with E-state index in [9.17, 15) is 4.79 Å². The number of rotatable bonds is 4. The van der Waals surface area contributed by atoms with Gasteiger partial charge >= 0.3 is 0 Å². The molecule has 1 aliphatic heterocycles. The minimum Gasteiger partial charge on any atom is -0.453 e. The van der Waals surface area contributed by atoms with Crippen molar-refractivity contribution in [2.24, 2.45) is 0 Å². The summed E-state index contributed by atoms with van der Waals surface area (Å²) in [5.74, 6) is 0.634. The normalized spacial score (nSPS) is 14.3. The molecule has 4 aromatic rings. The first-order valence-electron chi connectivity index (χ1n) is 10.5. The van der Waals surface area contributed by atoms with Crippen LogP contribution in [0.3, 0.4) is 0 Å². The lowest BCUT2D eigenvalue weighted by Gasteiger charge is -2.29. The molecule has 7 heteroatoms. The van der Waals surface area contributed by atoms with Gasteiger partial charge in [-0.2, -0.15) is 0 Å². The second-order valence-electron chi connectivity index (χ2n) is 7.59. The van der Waals surface area contributed by atoms with Crippen molar-refractivity contribution < 1.29 is 4.42 Å². The van der Waals surface area contributed by atoms with E-state index < -0.39 is 0 Å². The second kappa shape index (κ2) is 8.21. The molecule has 2 aromatic heterocycles. The Bertz CT molecular complexity index is 1310. The first kappa shape index (κ1) is 19.8. The molecule has 1 saturated heterocycles. The predicted octanol–water partition coefficient (Wildman–Crippen LogP) is 4.50. The minimum atomic E-state index is -0.222. The Balaban J connectivity index is 1.70. The molecule has 2 aromatic carbocycles. The summed E-state index contributed by atoms with van der Waals surface area (Å²) < 4.78 is 6.18. The van der Waals surface area contributed by atoms with Crippen LogP contribution in [0.5, 0.6) is 0 Å². The smallest absolute Gasteiger partial charge is 0.220 e. The van der Waals surface area contributed by atoms with E-state index in [-0.39, 0.29) is 10.9 Å². The number of pyridine rings is 1. The highest BCUT2D eigenvalue weighted by Gasteiger charge is 2.18. The summed E-state index contributed by atoms with van der Waals surface area (Å²) in [7, 11) is 0. The lowest BCUT2D eigenvalue weighted by molar-refractivity contribution is 0.589. The van der Waals surface area contributed by atoms with Crippen LogP contribution in [-0.2, 0) is 0 Å². The van der Waals surface area contributed by atoms with Crippen molar-refractivity contribution in [2.75, 3.05) is 42.9 Å². The molecule has 0 bridgehead atoms. The minimum absolute atomic E-state index is 0.222. The Morgan fingerprint density at radius 3 is 2.68 bits per heavy atom. The summed E-state index contributed by atoms with van der Waals surface area (Å²) in [6, 6.07) is 15.6. The number of fused-ring (bicyclic) bond motifs is 2. The average molecular weight is 435 g/mol. The quantitative estimate of drug-likeness (QED) is 0.461. The van der Waals surface area contributed by atoms with Crippen LogP contribution in [-0.4, -0.2) is 37.7 Å². The van der Waals surface area contributed by atoms with E-state index in [2.05, 4.69) is 44.8 Å². The van der Waals surface area contributed by atoms with Crippen LogP contribution in [0.1, 0.15) is 6.92 Å². The van der Waals surface area contributed by atoms with E-state index in [1.165, 1.54) is 5.69 Å². The first-order valence-corrected chi connectivity index (χ1v) is 10.9. The van der Waals surface area contributed by atoms with Crippen LogP contribution in [0, 0.1) is 0 Å². The van der Waals surface area contributed by atoms with Crippen molar-refractivity contribution in [2.45, 2.75) is 6.92 Å². The third kappa shape index (κ3) is 3.62. The summed E-state index contributed by atoms with van der Waals surface area (Å²) in [4.78, 5) is 20.2. The molecule has 0 spiro atoms. The zero-order valence-electron chi connectivity index (χ0n) is 17.2. The van der Waals surface area contributed by atoms with Gasteiger partial charge in [0.2, 0.25) is 5.43 Å². The van der Waals surface area contributed by atoms with Gasteiger partial charge in [-0.3, -0.25) is 4.79 Å². The van der Waals surface area contributed by atoms with Crippen molar-refractivity contribution >= 4 is 45.2 Å². The molecule has 0 amide bonds. The molecule has 2 N–H and O–H groups in total. The summed E-state index contributed by atoms with van der Waals surface area (Å²) in [5, 5.41) is 7.33. The van der Waals surface area contributed by atoms with Gasteiger partial charge in [0, 0.05) is 44.0 Å². The highest BCUT2D eigenvalue weighted by molar-refractivity contribution is 6.35. The van der Waals surface area contributed by atoms with Crippen LogP contribution in [0.15, 0.2) is 57.7 Å². The van der Waals surface area contributed by atoms with Gasteiger partial charge in [-0.05, 0) is 42.8 Å². The number of nitrogens with zero attached hydrogens (tertiary/aromatic N) is 2. The Labute approximate surface area is 184 Å². The summed E-state index contributed by atoms with van der Waals surface area (Å²) >= 11 is 6.30. The van der Waals surface area contributed by atoms with Gasteiger partial charge < -0.3 is 20.0 Å². The Kier molecular flexibility index (Phi) is 5.26. The molecule has 5 rings (SSSR count). The largest absolute Gasteiger partial charge is 0.453 e. The molecular formula is C24H23ClN4O2. The van der Waals surface area contributed by atoms with Gasteiger partial charge in [-0.25, -0.2) is 4.98 Å². The highest BCUT2D eigenvalue weighted by atomic mass is 35.5. The van der Waals surface area contributed by atoms with Gasteiger partial charge in [0.1, 0.15) is 11.4 Å². The summed E-state index contributed by atoms with van der Waals surface area (Å²) in [6.07, 6.45) is 0. The Morgan fingerprint density at radius 1 is 1.16 bits per heavy atom. The lowest BCUT2D eigenvalue weighted by Crippen LogP contribution is -2.43. The molecule has 0 saturated carbocycles. The SMILES string of the molecule is CCNc1cc(-c2ccc(N3CCNCC3)cc2)c2oc3cccc(Cl)c3c(=O)c2n1. The van der Waals surface area contributed by atoms with Crippen molar-refractivity contribution in [3.63, 3.8) is 0 Å². The van der Waals surface area contributed by atoms with Gasteiger partial charge in [0.15, 0.2) is 11.1 Å². The van der Waals surface area contributed by atoms with Crippen LogP contribution in [0.4, 0.5) is 11.5 Å². The van der Waals surface area contributed by atoms with Gasteiger partial charge in [0.05, 0.1) is 10.4 Å². The Morgan fingerprint density at radius 2 is 1.94 bits per heavy atom. The molecule has 0 radical (unpaired) electrons. The van der Waals surface area contributed by atoms with E-state index >= 15 is 0 Å². The molecule has 1 aliphatic rings. The van der Waals surface area contributed by atoms with Crippen LogP contribution in [0.25, 0.3) is 33.2 Å². The fraction of sp³-hybridized carbons (Fsp3) is 0.250. The molecule has 1 fully saturated rings. The summed E-state index contributed by atoms with van der Waals surface area (Å²) in [5.41, 5.74) is 3.97. The standard InChI is InChI=1S/C24H23ClN4O2/c1-2-27-20-14-17(15-6-8-16(9-7-15)29-12-10-26-11-13-29)24-22(28-20)23(30)21-18(25)4-3-5-19(21)31-24/h3-9,14,26H,2,10-13H2,1H3,(H,27,28). The van der Waals surface area contributed by atoms with Gasteiger partial charge in [0.25, 0.3) is 0 Å². The molecule has 0 unspecified atom stereocenters. The topological polar surface area (TPSA) is 70.4 Å². The molecule has 6 nitrogen and oxygen atoms in total. The maximum atomic E-state index is 13.3. The maximum absolute atomic E-state index is 13.3. The van der Waals surface area contributed by atoms with Gasteiger partial charge in [-0.15, -0.1) is 0 Å². The number of benzene rings is 2. The zero-order valence-corrected chi connectivity index (χ0v) is 18.0. The highest BCUT2D eigenvalue weighted by Crippen LogP contribution is 2.33. The molecule has 3 heterocycles. The van der Waals surface area contributed by atoms with E-state index in [0.29, 0.717) is 33.9 Å². The third-order valence-electron chi connectivity index (χ3n) is 5.62. The maximum Gasteiger partial charge on any atom is 0.220 e. The average Bonchev–Trinajstić information content (AvgIpc) is 2.80. The number of nitrogens with one attached hydrogen (secondary N) is 2. The zero-order chi connectivity index (χ0) is 21.4. The molecule has 31 heavy (non-hydrogen) atoms. The third-order valence-corrected chi connectivity index (χ3v) is 5.94. The van der Waals surface area contributed by atoms with Crippen molar-refractivity contribution in [3.8, 4) is 11.1 Å². The van der Waals surface area contributed by atoms with Crippen LogP contribution in [0.2, 0.25) is 5.02 Å². The molecular weight excluding hydrogens is 412 g/mol. The fourth-order valence-electron chi connectivity index (χ4n) is 4.09. The van der Waals surface area contributed by atoms with Crippen molar-refractivity contribution in [1.82, 2.24) is 10.3 Å². The number of anilines is 2. The van der Waals surface area contributed by atoms with E-state index in [1.54, 1.807) is 18.2 Å². The van der Waals surface area contributed by atoms with E-state index in [4.69, 9.17) is 16.0 Å². The monoisotopic (exact) mass is 434 g/mol. The van der Waals surface area contributed by atoms with Crippen molar-refractivity contribution in [3.05, 3.63) is 63.8 Å². The lowest BCUT2D eigenvalue weighted by atomic mass is 10.0. The van der Waals surface area contributed by atoms with Gasteiger partial charge in [-0.1, -0.05) is 29.8 Å². The second-order valence-corrected chi connectivity index (χ2v) is 8.00. The number of hydrogen-bond acceptors (Lipinski definition) is 6. The van der Waals surface area contributed by atoms with E-state index in [0.717, 1.165) is 37.3 Å². The van der Waals surface area contributed by atoms with Crippen molar-refractivity contribution in [1.29, 1.82) is 0 Å². The molecule has 0 aliphatic carbocycles. The fourth-order valence-corrected chi connectivity index (χ4v) is 4.34. The van der Waals surface area contributed by atoms with E-state index in [1.807, 2.05) is 13.0 Å². The number of aromatic nitrogens is 1. The predicted molar refractivity (Wildman–Crippen MR) is 127 cm³/mol. The van der Waals surface area contributed by atoms with Crippen LogP contribution >= 0.6 is 11.6 Å². The number of hydrogen-bond donors (Lipinski definition) is 2. The number of piperazine rings is 1. The van der Waals surface area contributed by atoms with Crippen LogP contribution < -0.4 is 21.0 Å². The molecule has 158 valence electrons. The number of halogens is 1.